The van der Waals surface area contributed by atoms with Crippen LogP contribution in [0.5, 0.6) is 5.75 Å². The minimum atomic E-state index is 0.652. The molecule has 0 aromatic heterocycles. The summed E-state index contributed by atoms with van der Waals surface area (Å²) in [6.07, 6.45) is 2.70. The van der Waals surface area contributed by atoms with Gasteiger partial charge in [-0.2, -0.15) is 5.10 Å². The zero-order valence-corrected chi connectivity index (χ0v) is 11.7. The Morgan fingerprint density at radius 1 is 1.50 bits per heavy atom. The second-order valence-electron chi connectivity index (χ2n) is 3.97. The largest absolute Gasteiger partial charge is 0.497 e. The molecule has 1 aliphatic heterocycles. The van der Waals surface area contributed by atoms with Crippen molar-refractivity contribution < 1.29 is 4.74 Å². The summed E-state index contributed by atoms with van der Waals surface area (Å²) in [5.41, 5.74) is 5.74. The molecule has 1 aromatic carbocycles. The number of methoxy groups -OCH3 is 1. The normalized spacial score (nSPS) is 17.4. The Kier molecular flexibility index (Phi) is 3.99. The van der Waals surface area contributed by atoms with E-state index in [0.717, 1.165) is 27.6 Å². The van der Waals surface area contributed by atoms with E-state index in [1.54, 1.807) is 13.2 Å². The Bertz CT molecular complexity index is 552. The number of rotatable bonds is 2. The van der Waals surface area contributed by atoms with Crippen LogP contribution in [0.1, 0.15) is 18.9 Å². The highest BCUT2D eigenvalue weighted by molar-refractivity contribution is 7.80. The lowest BCUT2D eigenvalue weighted by Gasteiger charge is -2.15. The van der Waals surface area contributed by atoms with E-state index in [2.05, 4.69) is 10.5 Å². The number of halogens is 1. The van der Waals surface area contributed by atoms with Gasteiger partial charge in [-0.05, 0) is 42.3 Å². The number of thiocarbonyl (C=S) groups is 1. The van der Waals surface area contributed by atoms with E-state index in [-0.39, 0.29) is 0 Å². The molecule has 0 unspecified atom stereocenters. The Morgan fingerprint density at radius 3 is 2.94 bits per heavy atom. The lowest BCUT2D eigenvalue weighted by atomic mass is 10.0. The molecule has 18 heavy (non-hydrogen) atoms. The lowest BCUT2D eigenvalue weighted by molar-refractivity contribution is 0.415. The van der Waals surface area contributed by atoms with Crippen molar-refractivity contribution in [1.82, 2.24) is 5.43 Å². The second kappa shape index (κ2) is 5.50. The third-order valence-corrected chi connectivity index (χ3v) is 3.26. The number of nitrogens with one attached hydrogen (secondary N) is 1. The van der Waals surface area contributed by atoms with Gasteiger partial charge in [0.2, 0.25) is 0 Å². The van der Waals surface area contributed by atoms with Crippen LogP contribution in [0, 0.1) is 0 Å². The SMILES string of the molecule is COc1ccc(C=C2CC(=S)NN=C2C)c(Cl)c1. The molecule has 3 nitrogen and oxygen atoms in total. The van der Waals surface area contributed by atoms with Crippen LogP contribution in [-0.2, 0) is 0 Å². The van der Waals surface area contributed by atoms with Crippen molar-refractivity contribution in [2.45, 2.75) is 13.3 Å². The first-order valence-corrected chi connectivity index (χ1v) is 6.26. The maximum absolute atomic E-state index is 6.20. The first-order valence-electron chi connectivity index (χ1n) is 5.48. The second-order valence-corrected chi connectivity index (χ2v) is 4.87. The molecule has 0 aliphatic carbocycles. The molecule has 1 heterocycles. The van der Waals surface area contributed by atoms with Crippen LogP contribution in [0.15, 0.2) is 28.9 Å². The van der Waals surface area contributed by atoms with E-state index < -0.39 is 0 Å². The molecule has 1 aliphatic rings. The topological polar surface area (TPSA) is 33.6 Å². The highest BCUT2D eigenvalue weighted by Gasteiger charge is 2.12. The van der Waals surface area contributed by atoms with Gasteiger partial charge in [0, 0.05) is 6.42 Å². The van der Waals surface area contributed by atoms with Crippen molar-refractivity contribution in [3.63, 3.8) is 0 Å². The molecule has 1 N–H and O–H groups in total. The summed E-state index contributed by atoms with van der Waals surface area (Å²) in [4.78, 5) is 0.719. The minimum Gasteiger partial charge on any atom is -0.497 e. The summed E-state index contributed by atoms with van der Waals surface area (Å²) in [6.45, 7) is 1.94. The smallest absolute Gasteiger partial charge is 0.120 e. The van der Waals surface area contributed by atoms with Crippen molar-refractivity contribution >= 4 is 40.6 Å². The number of hydrazone groups is 1. The Balaban J connectivity index is 2.35. The highest BCUT2D eigenvalue weighted by atomic mass is 35.5. The Morgan fingerprint density at radius 2 is 2.28 bits per heavy atom. The minimum absolute atomic E-state index is 0.652. The summed E-state index contributed by atoms with van der Waals surface area (Å²) in [5, 5.41) is 4.79. The Labute approximate surface area is 116 Å². The number of nitrogens with zero attached hydrogens (tertiary/aromatic N) is 1. The van der Waals surface area contributed by atoms with Gasteiger partial charge < -0.3 is 4.74 Å². The van der Waals surface area contributed by atoms with Gasteiger partial charge in [-0.1, -0.05) is 23.8 Å². The van der Waals surface area contributed by atoms with Crippen LogP contribution < -0.4 is 10.2 Å². The van der Waals surface area contributed by atoms with Crippen molar-refractivity contribution in [3.05, 3.63) is 34.4 Å². The van der Waals surface area contributed by atoms with Crippen LogP contribution >= 0.6 is 23.8 Å². The van der Waals surface area contributed by atoms with Gasteiger partial charge in [-0.3, -0.25) is 5.43 Å². The standard InChI is InChI=1S/C13H13ClN2OS/c1-8-10(6-13(18)16-15-8)5-9-3-4-11(17-2)7-12(9)14/h3-5,7H,6H2,1-2H3,(H,16,18). The third kappa shape index (κ3) is 2.89. The van der Waals surface area contributed by atoms with E-state index in [1.807, 2.05) is 25.1 Å². The highest BCUT2D eigenvalue weighted by Crippen LogP contribution is 2.25. The molecule has 2 rings (SSSR count). The number of hydrogen-bond donors (Lipinski definition) is 1. The maximum Gasteiger partial charge on any atom is 0.120 e. The van der Waals surface area contributed by atoms with Crippen LogP contribution in [0.4, 0.5) is 0 Å². The van der Waals surface area contributed by atoms with Crippen LogP contribution in [0.2, 0.25) is 5.02 Å². The molecule has 5 heteroatoms. The van der Waals surface area contributed by atoms with Gasteiger partial charge in [0.1, 0.15) is 10.7 Å². The molecule has 0 bridgehead atoms. The van der Waals surface area contributed by atoms with Crippen LogP contribution in [-0.4, -0.2) is 17.8 Å². The van der Waals surface area contributed by atoms with Crippen molar-refractivity contribution in [3.8, 4) is 5.75 Å². The summed E-state index contributed by atoms with van der Waals surface area (Å²) in [6, 6.07) is 5.59. The van der Waals surface area contributed by atoms with Crippen molar-refractivity contribution in [2.24, 2.45) is 5.10 Å². The molecular formula is C13H13ClN2OS. The fourth-order valence-electron chi connectivity index (χ4n) is 1.65. The van der Waals surface area contributed by atoms with Crippen molar-refractivity contribution in [2.75, 3.05) is 7.11 Å². The van der Waals surface area contributed by atoms with Crippen LogP contribution in [0.25, 0.3) is 6.08 Å². The van der Waals surface area contributed by atoms with Gasteiger partial charge in [0.05, 0.1) is 17.8 Å². The molecule has 94 valence electrons. The molecule has 0 atom stereocenters. The molecule has 0 spiro atoms. The molecule has 0 fully saturated rings. The summed E-state index contributed by atoms with van der Waals surface area (Å²) < 4.78 is 5.12. The molecule has 0 amide bonds. The van der Waals surface area contributed by atoms with Crippen LogP contribution in [0.3, 0.4) is 0 Å². The van der Waals surface area contributed by atoms with E-state index in [4.69, 9.17) is 28.6 Å². The fraction of sp³-hybridized carbons (Fsp3) is 0.231. The summed E-state index contributed by atoms with van der Waals surface area (Å²) >= 11 is 11.3. The monoisotopic (exact) mass is 280 g/mol. The van der Waals surface area contributed by atoms with Gasteiger partial charge in [-0.25, -0.2) is 0 Å². The van der Waals surface area contributed by atoms with Gasteiger partial charge in [-0.15, -0.1) is 0 Å². The van der Waals surface area contributed by atoms with Crippen molar-refractivity contribution in [1.29, 1.82) is 0 Å². The number of ether oxygens (including phenoxy) is 1. The predicted molar refractivity (Wildman–Crippen MR) is 79.4 cm³/mol. The average molecular weight is 281 g/mol. The van der Waals surface area contributed by atoms with E-state index >= 15 is 0 Å². The Hall–Kier alpha value is -1.39. The molecular weight excluding hydrogens is 268 g/mol. The van der Waals surface area contributed by atoms with Gasteiger partial charge in [0.15, 0.2) is 0 Å². The first kappa shape index (κ1) is 13.1. The zero-order valence-electron chi connectivity index (χ0n) is 10.2. The molecule has 0 saturated heterocycles. The zero-order chi connectivity index (χ0) is 13.1. The van der Waals surface area contributed by atoms with E-state index in [0.29, 0.717) is 11.4 Å². The third-order valence-electron chi connectivity index (χ3n) is 2.70. The van der Waals surface area contributed by atoms with E-state index in [9.17, 15) is 0 Å². The number of benzene rings is 1. The lowest BCUT2D eigenvalue weighted by Crippen LogP contribution is -2.24. The van der Waals surface area contributed by atoms with Gasteiger partial charge >= 0.3 is 0 Å². The molecule has 0 saturated carbocycles. The summed E-state index contributed by atoms with van der Waals surface area (Å²) in [5.74, 6) is 0.744. The maximum atomic E-state index is 6.20. The molecule has 1 aromatic rings. The average Bonchev–Trinajstić information content (AvgIpc) is 2.36. The predicted octanol–water partition coefficient (Wildman–Crippen LogP) is 3.43. The first-order chi connectivity index (χ1) is 8.60. The van der Waals surface area contributed by atoms with Gasteiger partial charge in [0.25, 0.3) is 0 Å². The quantitative estimate of drug-likeness (QED) is 0.843. The molecule has 0 radical (unpaired) electrons. The summed E-state index contributed by atoms with van der Waals surface area (Å²) in [7, 11) is 1.62. The fourth-order valence-corrected chi connectivity index (χ4v) is 2.08. The number of hydrogen-bond acceptors (Lipinski definition) is 3. The van der Waals surface area contributed by atoms with E-state index in [1.165, 1.54) is 0 Å².